The lowest BCUT2D eigenvalue weighted by molar-refractivity contribution is 0.287. The Morgan fingerprint density at radius 2 is 1.64 bits per heavy atom. The second-order valence-corrected chi connectivity index (χ2v) is 3.90. The van der Waals surface area contributed by atoms with E-state index in [1.54, 1.807) is 0 Å². The molecule has 8 heteroatoms. The van der Waals surface area contributed by atoms with Crippen molar-refractivity contribution in [2.45, 2.75) is 4.33 Å². The van der Waals surface area contributed by atoms with Crippen molar-refractivity contribution in [3.8, 4) is 0 Å². The Morgan fingerprint density at radius 3 is 1.64 bits per heavy atom. The number of aliphatic hydroxyl groups is 1. The first-order valence-corrected chi connectivity index (χ1v) is 4.91. The quantitative estimate of drug-likeness (QED) is 0.495. The summed E-state index contributed by atoms with van der Waals surface area (Å²) < 4.78 is 7.59. The van der Waals surface area contributed by atoms with Crippen LogP contribution in [0.4, 0.5) is 0 Å². The Hall–Kier alpha value is 0.980. The number of hydrogen-bond donors (Lipinski definition) is 3. The molecule has 0 fully saturated rings. The summed E-state index contributed by atoms with van der Waals surface area (Å²) in [7, 11) is -3.13. The minimum absolute atomic E-state index is 0.0482. The van der Waals surface area contributed by atoms with Gasteiger partial charge in [-0.05, 0) is 0 Å². The molecule has 0 saturated heterocycles. The lowest BCUT2D eigenvalue weighted by atomic mass is 10.5. The number of alkyl halides is 3. The Balaban J connectivity index is 0. The molecule has 0 unspecified atom stereocenters. The Labute approximate surface area is 79.6 Å². The molecule has 0 heterocycles. The molecule has 11 heavy (non-hydrogen) atoms. The van der Waals surface area contributed by atoms with E-state index in [9.17, 15) is 0 Å². The molecule has 0 saturated carbocycles. The van der Waals surface area contributed by atoms with Crippen molar-refractivity contribution < 1.29 is 19.5 Å². The molecule has 4 nitrogen and oxygen atoms in total. The van der Waals surface area contributed by atoms with Gasteiger partial charge in [-0.15, -0.1) is 11.6 Å². The van der Waals surface area contributed by atoms with Gasteiger partial charge in [0.15, 0.2) is 4.33 Å². The molecule has 0 spiro atoms. The predicted octanol–water partition coefficient (Wildman–Crippen LogP) is 0.752. The Kier molecular flexibility index (Phi) is 10.0. The van der Waals surface area contributed by atoms with E-state index < -0.39 is 12.6 Å². The monoisotopic (exact) mass is 244 g/mol. The van der Waals surface area contributed by atoms with Crippen LogP contribution in [-0.2, 0) is 4.57 Å². The molecule has 3 N–H and O–H groups in total. The summed E-state index contributed by atoms with van der Waals surface area (Å²) in [4.78, 5) is 14.3. The standard InChI is InChI=1S/C3H5Cl3O.H3O3P/c4-1-3(5,6)2-7;1-4(2)3/h7H,1-2H2;4H,(H2,1,2,3). The zero-order valence-electron chi connectivity index (χ0n) is 5.30. The molecule has 0 aliphatic heterocycles. The lowest BCUT2D eigenvalue weighted by Crippen LogP contribution is -2.19. The van der Waals surface area contributed by atoms with Crippen molar-refractivity contribution in [2.24, 2.45) is 0 Å². The van der Waals surface area contributed by atoms with Gasteiger partial charge >= 0.3 is 8.25 Å². The third-order valence-electron chi connectivity index (χ3n) is 0.427. The van der Waals surface area contributed by atoms with Gasteiger partial charge in [-0.3, -0.25) is 4.57 Å². The minimum atomic E-state index is -3.13. The van der Waals surface area contributed by atoms with E-state index in [-0.39, 0.29) is 12.5 Å². The predicted molar refractivity (Wildman–Crippen MR) is 45.7 cm³/mol. The average Bonchev–Trinajstić information content (AvgIpc) is 1.87. The van der Waals surface area contributed by atoms with E-state index >= 15 is 0 Å². The topological polar surface area (TPSA) is 77.8 Å². The molecule has 0 rings (SSSR count). The van der Waals surface area contributed by atoms with Crippen molar-refractivity contribution in [1.29, 1.82) is 0 Å². The molecule has 0 atom stereocenters. The fraction of sp³-hybridized carbons (Fsp3) is 1.00. The first-order chi connectivity index (χ1) is 4.85. The molecule has 0 radical (unpaired) electrons. The smallest absolute Gasteiger partial charge is 0.314 e. The zero-order chi connectivity index (χ0) is 9.49. The van der Waals surface area contributed by atoms with Gasteiger partial charge in [-0.2, -0.15) is 0 Å². The highest BCUT2D eigenvalue weighted by Gasteiger charge is 2.20. The van der Waals surface area contributed by atoms with Gasteiger partial charge in [-0.1, -0.05) is 23.2 Å². The maximum atomic E-state index is 8.74. The molecular weight excluding hydrogens is 237 g/mol. The van der Waals surface area contributed by atoms with Gasteiger partial charge in [0.1, 0.15) is 0 Å². The zero-order valence-corrected chi connectivity index (χ0v) is 8.57. The van der Waals surface area contributed by atoms with Crippen molar-refractivity contribution in [1.82, 2.24) is 0 Å². The lowest BCUT2D eigenvalue weighted by Gasteiger charge is -2.09. The number of aliphatic hydroxyl groups excluding tert-OH is 1. The highest BCUT2D eigenvalue weighted by molar-refractivity contribution is 7.30. The molecule has 0 aromatic heterocycles. The van der Waals surface area contributed by atoms with Crippen molar-refractivity contribution >= 4 is 43.1 Å². The van der Waals surface area contributed by atoms with E-state index in [0.29, 0.717) is 0 Å². The van der Waals surface area contributed by atoms with Crippen LogP contribution < -0.4 is 0 Å². The highest BCUT2D eigenvalue weighted by Crippen LogP contribution is 2.20. The molecule has 0 aliphatic carbocycles. The van der Waals surface area contributed by atoms with Crippen LogP contribution in [0.1, 0.15) is 0 Å². The molecule has 70 valence electrons. The van der Waals surface area contributed by atoms with E-state index in [4.69, 9.17) is 54.3 Å². The van der Waals surface area contributed by atoms with Crippen molar-refractivity contribution in [2.75, 3.05) is 12.5 Å². The van der Waals surface area contributed by atoms with Gasteiger partial charge in [0.05, 0.1) is 12.5 Å². The number of halogens is 3. The van der Waals surface area contributed by atoms with Gasteiger partial charge in [0.25, 0.3) is 0 Å². The summed E-state index contributed by atoms with van der Waals surface area (Å²) in [5.41, 5.74) is 0. The fourth-order valence-electron chi connectivity index (χ4n) is 0.0423. The van der Waals surface area contributed by atoms with Crippen LogP contribution in [0.15, 0.2) is 0 Å². The van der Waals surface area contributed by atoms with Crippen LogP contribution in [0.25, 0.3) is 0 Å². The van der Waals surface area contributed by atoms with Gasteiger partial charge in [-0.25, -0.2) is 0 Å². The number of hydrogen-bond acceptors (Lipinski definition) is 2. The molecule has 0 bridgehead atoms. The second-order valence-electron chi connectivity index (χ2n) is 1.43. The summed E-state index contributed by atoms with van der Waals surface area (Å²) in [5.74, 6) is 0.0482. The Bertz CT molecular complexity index is 109. The van der Waals surface area contributed by atoms with Crippen LogP contribution in [-0.4, -0.2) is 31.7 Å². The molecule has 0 aromatic carbocycles. The van der Waals surface area contributed by atoms with Crippen LogP contribution in [0.2, 0.25) is 0 Å². The molecule has 0 amide bonds. The summed E-state index contributed by atoms with van der Waals surface area (Å²) in [6.07, 6.45) is 0. The number of rotatable bonds is 2. The maximum Gasteiger partial charge on any atom is 0.314 e. The summed E-state index contributed by atoms with van der Waals surface area (Å²) in [6, 6.07) is 0. The van der Waals surface area contributed by atoms with Crippen LogP contribution >= 0.6 is 43.1 Å². The van der Waals surface area contributed by atoms with Crippen molar-refractivity contribution in [3.05, 3.63) is 0 Å². The largest absolute Gasteiger partial charge is 0.393 e. The highest BCUT2D eigenvalue weighted by atomic mass is 35.5. The third kappa shape index (κ3) is 18.2. The van der Waals surface area contributed by atoms with Crippen LogP contribution in [0.5, 0.6) is 0 Å². The van der Waals surface area contributed by atoms with Gasteiger partial charge in [0, 0.05) is 0 Å². The van der Waals surface area contributed by atoms with E-state index in [1.165, 1.54) is 0 Å². The summed E-state index contributed by atoms with van der Waals surface area (Å²) >= 11 is 15.7. The van der Waals surface area contributed by atoms with E-state index in [2.05, 4.69) is 0 Å². The average molecular weight is 245 g/mol. The molecular formula is C3H8Cl3O4P. The normalized spacial score (nSPS) is 10.8. The summed E-state index contributed by atoms with van der Waals surface area (Å²) in [5, 5.41) is 8.25. The van der Waals surface area contributed by atoms with E-state index in [0.717, 1.165) is 0 Å². The second kappa shape index (κ2) is 7.62. The third-order valence-corrected chi connectivity index (χ3v) is 1.66. The summed E-state index contributed by atoms with van der Waals surface area (Å²) in [6.45, 7) is -0.306. The SMILES string of the molecule is O=[PH](O)O.OCC(Cl)(Cl)CCl. The van der Waals surface area contributed by atoms with Crippen molar-refractivity contribution in [3.63, 3.8) is 0 Å². The van der Waals surface area contributed by atoms with Crippen LogP contribution in [0, 0.1) is 0 Å². The maximum absolute atomic E-state index is 8.74. The molecule has 0 aliphatic rings. The fourth-order valence-corrected chi connectivity index (χ4v) is 0.127. The molecule has 0 aromatic rings. The van der Waals surface area contributed by atoms with E-state index in [1.807, 2.05) is 0 Å². The van der Waals surface area contributed by atoms with Crippen LogP contribution in [0.3, 0.4) is 0 Å². The van der Waals surface area contributed by atoms with Gasteiger partial charge in [0.2, 0.25) is 0 Å². The van der Waals surface area contributed by atoms with Gasteiger partial charge < -0.3 is 14.9 Å². The Morgan fingerprint density at radius 1 is 1.36 bits per heavy atom. The first-order valence-electron chi connectivity index (χ1n) is 2.32. The minimum Gasteiger partial charge on any atom is -0.393 e. The first kappa shape index (κ1) is 14.5.